The molecular weight excluding hydrogens is 354 g/mol. The van der Waals surface area contributed by atoms with Crippen LogP contribution in [0.3, 0.4) is 0 Å². The van der Waals surface area contributed by atoms with Gasteiger partial charge in [0.05, 0.1) is 20.4 Å². The number of thioether (sulfide) groups is 1. The van der Waals surface area contributed by atoms with Crippen LogP contribution in [0.5, 0.6) is 0 Å². The van der Waals surface area contributed by atoms with Crippen molar-refractivity contribution in [1.82, 2.24) is 4.90 Å². The highest BCUT2D eigenvalue weighted by molar-refractivity contribution is 8.03. The molecule has 0 saturated carbocycles. The maximum absolute atomic E-state index is 11.6. The SMILES string of the molecule is CN1CCCS/C1=C1/c2ccc([N+](=O)[O-])cc2-c2c1cccc2[N+](=O)[O-]. The average Bonchev–Trinajstić information content (AvgIpc) is 2.95. The van der Waals surface area contributed by atoms with Gasteiger partial charge in [0, 0.05) is 48.7 Å². The molecule has 0 unspecified atom stereocenters. The number of hydrogen-bond donors (Lipinski definition) is 0. The standard InChI is InChI=1S/C18H15N3O4S/c1-19-8-3-9-26-18(19)17-12-7-6-11(20(22)23)10-14(12)16-13(17)4-2-5-15(16)21(24)25/h2,4-7,10H,3,8-9H2,1H3/b18-17-. The van der Waals surface area contributed by atoms with Gasteiger partial charge >= 0.3 is 0 Å². The summed E-state index contributed by atoms with van der Waals surface area (Å²) in [4.78, 5) is 24.1. The van der Waals surface area contributed by atoms with Crippen LogP contribution >= 0.6 is 11.8 Å². The fourth-order valence-electron chi connectivity index (χ4n) is 3.58. The molecule has 0 aromatic heterocycles. The minimum Gasteiger partial charge on any atom is -0.369 e. The first kappa shape index (κ1) is 16.6. The Morgan fingerprint density at radius 1 is 1.04 bits per heavy atom. The fourth-order valence-corrected chi connectivity index (χ4v) is 4.72. The van der Waals surface area contributed by atoms with Crippen LogP contribution in [0.25, 0.3) is 16.7 Å². The van der Waals surface area contributed by atoms with Gasteiger partial charge in [-0.3, -0.25) is 20.2 Å². The molecule has 2 aromatic rings. The summed E-state index contributed by atoms with van der Waals surface area (Å²) in [6.07, 6.45) is 1.08. The zero-order chi connectivity index (χ0) is 18.4. The van der Waals surface area contributed by atoms with Crippen LogP contribution in [0, 0.1) is 20.2 Å². The quantitative estimate of drug-likeness (QED) is 0.495. The van der Waals surface area contributed by atoms with Crippen LogP contribution in [-0.4, -0.2) is 34.1 Å². The number of nitro benzene ring substituents is 2. The van der Waals surface area contributed by atoms with E-state index in [9.17, 15) is 20.2 Å². The minimum atomic E-state index is -0.471. The van der Waals surface area contributed by atoms with Crippen molar-refractivity contribution in [2.45, 2.75) is 6.42 Å². The van der Waals surface area contributed by atoms with Crippen molar-refractivity contribution < 1.29 is 9.85 Å². The lowest BCUT2D eigenvalue weighted by Gasteiger charge is -2.29. The number of benzene rings is 2. The van der Waals surface area contributed by atoms with E-state index >= 15 is 0 Å². The molecule has 7 nitrogen and oxygen atoms in total. The van der Waals surface area contributed by atoms with Crippen LogP contribution in [-0.2, 0) is 0 Å². The molecule has 26 heavy (non-hydrogen) atoms. The van der Waals surface area contributed by atoms with Gasteiger partial charge in [-0.1, -0.05) is 12.1 Å². The van der Waals surface area contributed by atoms with E-state index in [1.165, 1.54) is 18.2 Å². The van der Waals surface area contributed by atoms with Crippen molar-refractivity contribution in [1.29, 1.82) is 0 Å². The van der Waals surface area contributed by atoms with Gasteiger partial charge in [0.2, 0.25) is 0 Å². The molecule has 1 heterocycles. The molecule has 1 fully saturated rings. The molecule has 2 aliphatic rings. The Bertz CT molecular complexity index is 986. The summed E-state index contributed by atoms with van der Waals surface area (Å²) >= 11 is 1.72. The van der Waals surface area contributed by atoms with Crippen molar-refractivity contribution >= 4 is 28.7 Å². The van der Waals surface area contributed by atoms with Gasteiger partial charge in [-0.25, -0.2) is 0 Å². The summed E-state index contributed by atoms with van der Waals surface area (Å²) in [6, 6.07) is 9.60. The van der Waals surface area contributed by atoms with Crippen LogP contribution < -0.4 is 0 Å². The third-order valence-corrected chi connectivity index (χ3v) is 5.98. The molecule has 0 N–H and O–H groups in total. The van der Waals surface area contributed by atoms with E-state index in [-0.39, 0.29) is 11.4 Å². The monoisotopic (exact) mass is 369 g/mol. The first-order valence-corrected chi connectivity index (χ1v) is 9.13. The Labute approximate surface area is 153 Å². The second-order valence-corrected chi connectivity index (χ2v) is 7.33. The lowest BCUT2D eigenvalue weighted by Crippen LogP contribution is -2.23. The van der Waals surface area contributed by atoms with Crippen LogP contribution in [0.15, 0.2) is 41.4 Å². The molecule has 8 heteroatoms. The topological polar surface area (TPSA) is 89.5 Å². The van der Waals surface area contributed by atoms with Gasteiger partial charge in [-0.15, -0.1) is 11.8 Å². The van der Waals surface area contributed by atoms with Gasteiger partial charge in [0.15, 0.2) is 0 Å². The Balaban J connectivity index is 2.07. The zero-order valence-corrected chi connectivity index (χ0v) is 14.8. The second-order valence-electron chi connectivity index (χ2n) is 6.25. The normalized spacial score (nSPS) is 18.4. The lowest BCUT2D eigenvalue weighted by molar-refractivity contribution is -0.385. The summed E-state index contributed by atoms with van der Waals surface area (Å²) in [5.74, 6) is 0.982. The molecule has 4 rings (SSSR count). The average molecular weight is 369 g/mol. The first-order valence-electron chi connectivity index (χ1n) is 8.14. The highest BCUT2D eigenvalue weighted by Gasteiger charge is 2.34. The van der Waals surface area contributed by atoms with E-state index in [4.69, 9.17) is 0 Å². The molecule has 0 bridgehead atoms. The van der Waals surface area contributed by atoms with E-state index in [2.05, 4.69) is 4.90 Å². The predicted molar refractivity (Wildman–Crippen MR) is 101 cm³/mol. The van der Waals surface area contributed by atoms with Gasteiger partial charge in [-0.05, 0) is 23.6 Å². The molecule has 0 amide bonds. The van der Waals surface area contributed by atoms with E-state index in [0.717, 1.165) is 40.4 Å². The van der Waals surface area contributed by atoms with Crippen molar-refractivity contribution in [3.8, 4) is 11.1 Å². The van der Waals surface area contributed by atoms with Crippen molar-refractivity contribution in [3.63, 3.8) is 0 Å². The summed E-state index contributed by atoms with van der Waals surface area (Å²) in [5.41, 5.74) is 3.46. The number of nitro groups is 2. The van der Waals surface area contributed by atoms with Crippen molar-refractivity contribution in [2.75, 3.05) is 19.3 Å². The Morgan fingerprint density at radius 3 is 2.54 bits per heavy atom. The van der Waals surface area contributed by atoms with Crippen molar-refractivity contribution in [3.05, 3.63) is 72.8 Å². The smallest absolute Gasteiger partial charge is 0.277 e. The van der Waals surface area contributed by atoms with Gasteiger partial charge in [-0.2, -0.15) is 0 Å². The Morgan fingerprint density at radius 2 is 1.85 bits per heavy atom. The third-order valence-electron chi connectivity index (χ3n) is 4.70. The highest BCUT2D eigenvalue weighted by atomic mass is 32.2. The second kappa shape index (κ2) is 6.14. The largest absolute Gasteiger partial charge is 0.369 e. The maximum atomic E-state index is 11.6. The molecule has 132 valence electrons. The Hall–Kier alpha value is -2.87. The molecule has 2 aromatic carbocycles. The number of hydrogen-bond acceptors (Lipinski definition) is 6. The van der Waals surface area contributed by atoms with E-state index < -0.39 is 9.85 Å². The first-order chi connectivity index (χ1) is 12.5. The lowest BCUT2D eigenvalue weighted by atomic mass is 10.0. The maximum Gasteiger partial charge on any atom is 0.277 e. The highest BCUT2D eigenvalue weighted by Crippen LogP contribution is 2.52. The van der Waals surface area contributed by atoms with Gasteiger partial charge in [0.1, 0.15) is 0 Å². The van der Waals surface area contributed by atoms with Gasteiger partial charge in [0.25, 0.3) is 11.4 Å². The predicted octanol–water partition coefficient (Wildman–Crippen LogP) is 4.27. The number of non-ortho nitro benzene ring substituents is 1. The summed E-state index contributed by atoms with van der Waals surface area (Å²) < 4.78 is 0. The summed E-state index contributed by atoms with van der Waals surface area (Å²) in [6.45, 7) is 0.915. The summed E-state index contributed by atoms with van der Waals surface area (Å²) in [5, 5.41) is 23.9. The van der Waals surface area contributed by atoms with Gasteiger partial charge < -0.3 is 4.90 Å². The van der Waals surface area contributed by atoms with Crippen LogP contribution in [0.2, 0.25) is 0 Å². The third kappa shape index (κ3) is 2.45. The van der Waals surface area contributed by atoms with Crippen LogP contribution in [0.1, 0.15) is 17.5 Å². The molecule has 1 aliphatic carbocycles. The van der Waals surface area contributed by atoms with E-state index in [1.54, 1.807) is 23.9 Å². The molecular formula is C18H15N3O4S. The number of rotatable bonds is 2. The van der Waals surface area contributed by atoms with E-state index in [0.29, 0.717) is 11.1 Å². The Kier molecular flexibility index (Phi) is 3.91. The minimum absolute atomic E-state index is 0.0247. The molecule has 0 atom stereocenters. The molecule has 0 spiro atoms. The molecule has 0 radical (unpaired) electrons. The fraction of sp³-hybridized carbons (Fsp3) is 0.222. The zero-order valence-electron chi connectivity index (χ0n) is 14.0. The number of nitrogens with zero attached hydrogens (tertiary/aromatic N) is 3. The van der Waals surface area contributed by atoms with Crippen molar-refractivity contribution in [2.24, 2.45) is 0 Å². The summed E-state index contributed by atoms with van der Waals surface area (Å²) in [7, 11) is 2.01. The molecule has 1 aliphatic heterocycles. The van der Waals surface area contributed by atoms with E-state index in [1.807, 2.05) is 13.1 Å². The molecule has 1 saturated heterocycles. The van der Waals surface area contributed by atoms with Crippen LogP contribution in [0.4, 0.5) is 11.4 Å². The number of fused-ring (bicyclic) bond motifs is 3.